The van der Waals surface area contributed by atoms with Crippen molar-refractivity contribution in [2.75, 3.05) is 47.8 Å². The van der Waals surface area contributed by atoms with Crippen LogP contribution in [0.2, 0.25) is 5.02 Å². The molecule has 1 aliphatic rings. The van der Waals surface area contributed by atoms with Crippen LogP contribution in [-0.2, 0) is 4.79 Å². The second-order valence-corrected chi connectivity index (χ2v) is 7.49. The molecule has 1 N–H and O–H groups in total. The number of halogens is 1. The Hall–Kier alpha value is -2.73. The summed E-state index contributed by atoms with van der Waals surface area (Å²) < 4.78 is 0. The summed E-state index contributed by atoms with van der Waals surface area (Å²) in [4.78, 5) is 30.7. The van der Waals surface area contributed by atoms with E-state index in [9.17, 15) is 9.59 Å². The molecule has 0 spiro atoms. The zero-order valence-corrected chi connectivity index (χ0v) is 17.9. The van der Waals surface area contributed by atoms with Gasteiger partial charge in [0.25, 0.3) is 0 Å². The monoisotopic (exact) mass is 414 g/mol. The Kier molecular flexibility index (Phi) is 6.64. The number of nitrogens with one attached hydrogen (secondary N) is 1. The van der Waals surface area contributed by atoms with Crippen LogP contribution in [0.25, 0.3) is 0 Å². The van der Waals surface area contributed by atoms with Crippen molar-refractivity contribution < 1.29 is 9.59 Å². The van der Waals surface area contributed by atoms with Crippen LogP contribution in [0.4, 0.5) is 21.9 Å². The van der Waals surface area contributed by atoms with E-state index in [4.69, 9.17) is 11.6 Å². The van der Waals surface area contributed by atoms with E-state index < -0.39 is 0 Å². The molecule has 1 saturated heterocycles. The van der Waals surface area contributed by atoms with E-state index in [0.29, 0.717) is 18.1 Å². The minimum Gasteiger partial charge on any atom is -0.372 e. The van der Waals surface area contributed by atoms with E-state index in [2.05, 4.69) is 30.1 Å². The Morgan fingerprint density at radius 1 is 1.14 bits per heavy atom. The Bertz CT molecular complexity index is 898. The van der Waals surface area contributed by atoms with Gasteiger partial charge in [-0.25, -0.2) is 4.79 Å². The molecule has 3 rings (SSSR count). The summed E-state index contributed by atoms with van der Waals surface area (Å²) in [5, 5.41) is 3.51. The van der Waals surface area contributed by atoms with Gasteiger partial charge in [-0.15, -0.1) is 0 Å². The van der Waals surface area contributed by atoms with E-state index in [-0.39, 0.29) is 18.5 Å². The fraction of sp³-hybridized carbons (Fsp3) is 0.364. The molecule has 2 aromatic carbocycles. The van der Waals surface area contributed by atoms with Crippen molar-refractivity contribution in [2.45, 2.75) is 20.8 Å². The normalized spacial score (nSPS) is 13.7. The zero-order valence-electron chi connectivity index (χ0n) is 17.1. The maximum absolute atomic E-state index is 12.7. The molecular weight excluding hydrogens is 388 g/mol. The van der Waals surface area contributed by atoms with Gasteiger partial charge < -0.3 is 15.1 Å². The summed E-state index contributed by atoms with van der Waals surface area (Å²) in [5.74, 6) is -0.204. The van der Waals surface area contributed by atoms with Gasteiger partial charge in [0, 0.05) is 48.3 Å². The molecular formula is C22H27ClN4O2. The quantitative estimate of drug-likeness (QED) is 0.731. The molecule has 0 aromatic heterocycles. The number of anilines is 3. The van der Waals surface area contributed by atoms with E-state index in [1.807, 2.05) is 31.2 Å². The van der Waals surface area contributed by atoms with Gasteiger partial charge in [-0.2, -0.15) is 0 Å². The first-order valence-corrected chi connectivity index (χ1v) is 10.3. The highest BCUT2D eigenvalue weighted by Crippen LogP contribution is 2.25. The standard InChI is InChI=1S/C22H27ClN4O2/c1-4-25(5-2)18-9-10-20(16(3)13-18)24-21(28)15-26-11-12-27(22(26)29)19-8-6-7-17(23)14-19/h6-10,13-14H,4-5,11-12,15H2,1-3H3,(H,24,28). The van der Waals surface area contributed by atoms with Crippen molar-refractivity contribution in [1.82, 2.24) is 4.90 Å². The molecule has 0 bridgehead atoms. The smallest absolute Gasteiger partial charge is 0.325 e. The van der Waals surface area contributed by atoms with Crippen LogP contribution < -0.4 is 15.1 Å². The number of carbonyl (C=O) groups is 2. The average molecular weight is 415 g/mol. The first kappa shape index (κ1) is 21.0. The maximum Gasteiger partial charge on any atom is 0.325 e. The Morgan fingerprint density at radius 2 is 1.90 bits per heavy atom. The molecule has 0 atom stereocenters. The number of hydrogen-bond donors (Lipinski definition) is 1. The lowest BCUT2D eigenvalue weighted by molar-refractivity contribution is -0.116. The molecule has 0 saturated carbocycles. The number of rotatable bonds is 7. The third-order valence-electron chi connectivity index (χ3n) is 5.16. The van der Waals surface area contributed by atoms with Gasteiger partial charge >= 0.3 is 6.03 Å². The molecule has 1 aliphatic heterocycles. The summed E-state index contributed by atoms with van der Waals surface area (Å²) >= 11 is 6.03. The zero-order chi connectivity index (χ0) is 21.0. The summed E-state index contributed by atoms with van der Waals surface area (Å²) in [7, 11) is 0. The number of amides is 3. The summed E-state index contributed by atoms with van der Waals surface area (Å²) in [6, 6.07) is 13.0. The SMILES string of the molecule is CCN(CC)c1ccc(NC(=O)CN2CCN(c3cccc(Cl)c3)C2=O)c(C)c1. The maximum atomic E-state index is 12.7. The summed E-state index contributed by atoms with van der Waals surface area (Å²) in [5.41, 5.74) is 3.64. The van der Waals surface area contributed by atoms with E-state index in [1.165, 1.54) is 0 Å². The minimum atomic E-state index is -0.204. The molecule has 0 unspecified atom stereocenters. The van der Waals surface area contributed by atoms with Crippen LogP contribution in [0.15, 0.2) is 42.5 Å². The molecule has 1 fully saturated rings. The molecule has 6 nitrogen and oxygen atoms in total. The van der Waals surface area contributed by atoms with E-state index >= 15 is 0 Å². The van der Waals surface area contributed by atoms with Gasteiger partial charge in [0.2, 0.25) is 5.91 Å². The predicted octanol–water partition coefficient (Wildman–Crippen LogP) is 4.38. The van der Waals surface area contributed by atoms with Gasteiger partial charge in [0.1, 0.15) is 6.54 Å². The van der Waals surface area contributed by atoms with Gasteiger partial charge in [0.15, 0.2) is 0 Å². The summed E-state index contributed by atoms with van der Waals surface area (Å²) in [6.45, 7) is 9.13. The Balaban J connectivity index is 1.62. The van der Waals surface area contributed by atoms with Crippen molar-refractivity contribution in [3.8, 4) is 0 Å². The van der Waals surface area contributed by atoms with Crippen molar-refractivity contribution in [1.29, 1.82) is 0 Å². The van der Waals surface area contributed by atoms with Crippen LogP contribution in [0.3, 0.4) is 0 Å². The molecule has 154 valence electrons. The third kappa shape index (κ3) is 4.82. The second-order valence-electron chi connectivity index (χ2n) is 7.06. The highest BCUT2D eigenvalue weighted by Gasteiger charge is 2.31. The molecule has 0 radical (unpaired) electrons. The molecule has 7 heteroatoms. The first-order chi connectivity index (χ1) is 13.9. The lowest BCUT2D eigenvalue weighted by Gasteiger charge is -2.22. The number of carbonyl (C=O) groups excluding carboxylic acids is 2. The van der Waals surface area contributed by atoms with Crippen LogP contribution in [-0.4, -0.2) is 49.6 Å². The molecule has 1 heterocycles. The van der Waals surface area contributed by atoms with Crippen molar-refractivity contribution >= 4 is 40.6 Å². The predicted molar refractivity (Wildman–Crippen MR) is 119 cm³/mol. The molecule has 0 aliphatic carbocycles. The fourth-order valence-electron chi connectivity index (χ4n) is 3.55. The fourth-order valence-corrected chi connectivity index (χ4v) is 3.73. The Morgan fingerprint density at radius 3 is 2.55 bits per heavy atom. The number of nitrogens with zero attached hydrogens (tertiary/aromatic N) is 3. The highest BCUT2D eigenvalue weighted by molar-refractivity contribution is 6.30. The largest absolute Gasteiger partial charge is 0.372 e. The second kappa shape index (κ2) is 9.18. The molecule has 29 heavy (non-hydrogen) atoms. The number of urea groups is 1. The van der Waals surface area contributed by atoms with Crippen molar-refractivity contribution in [3.63, 3.8) is 0 Å². The molecule has 3 amide bonds. The Labute approximate surface area is 177 Å². The number of benzene rings is 2. The van der Waals surface area contributed by atoms with Gasteiger partial charge in [0.05, 0.1) is 0 Å². The van der Waals surface area contributed by atoms with Gasteiger partial charge in [-0.1, -0.05) is 17.7 Å². The minimum absolute atomic E-state index is 0.0210. The third-order valence-corrected chi connectivity index (χ3v) is 5.40. The van der Waals surface area contributed by atoms with Crippen molar-refractivity contribution in [2.24, 2.45) is 0 Å². The van der Waals surface area contributed by atoms with Gasteiger partial charge in [-0.3, -0.25) is 9.69 Å². The summed E-state index contributed by atoms with van der Waals surface area (Å²) in [6.07, 6.45) is 0. The van der Waals surface area contributed by atoms with Crippen molar-refractivity contribution in [3.05, 3.63) is 53.1 Å². The lowest BCUT2D eigenvalue weighted by atomic mass is 10.1. The van der Waals surface area contributed by atoms with Crippen LogP contribution >= 0.6 is 11.6 Å². The van der Waals surface area contributed by atoms with Crippen LogP contribution in [0.1, 0.15) is 19.4 Å². The van der Waals surface area contributed by atoms with E-state index in [0.717, 1.165) is 35.7 Å². The highest BCUT2D eigenvalue weighted by atomic mass is 35.5. The van der Waals surface area contributed by atoms with Gasteiger partial charge in [-0.05, 0) is 62.7 Å². The molecule has 2 aromatic rings. The average Bonchev–Trinajstić information content (AvgIpc) is 3.05. The number of hydrogen-bond acceptors (Lipinski definition) is 3. The number of aryl methyl sites for hydroxylation is 1. The lowest BCUT2D eigenvalue weighted by Crippen LogP contribution is -2.37. The van der Waals surface area contributed by atoms with E-state index in [1.54, 1.807) is 21.9 Å². The topological polar surface area (TPSA) is 55.9 Å². The van der Waals surface area contributed by atoms with Crippen LogP contribution in [0, 0.1) is 6.92 Å². The van der Waals surface area contributed by atoms with Crippen LogP contribution in [0.5, 0.6) is 0 Å². The first-order valence-electron chi connectivity index (χ1n) is 9.90.